The summed E-state index contributed by atoms with van der Waals surface area (Å²) in [5, 5.41) is 0. The Balaban J connectivity index is 1.55. The van der Waals surface area contributed by atoms with Crippen LogP contribution in [0, 0.1) is 0 Å². The van der Waals surface area contributed by atoms with Gasteiger partial charge in [-0.1, -0.05) is 30.3 Å². The summed E-state index contributed by atoms with van der Waals surface area (Å²) in [4.78, 5) is 24.7. The number of carbonyl (C=O) groups excluding carboxylic acids is 2. The summed E-state index contributed by atoms with van der Waals surface area (Å²) in [5.74, 6) is -0.532. The van der Waals surface area contributed by atoms with Gasteiger partial charge in [0.25, 0.3) is 0 Å². The second kappa shape index (κ2) is 7.14. The number of alkyl halides is 3. The monoisotopic (exact) mass is 373 g/mol. The lowest BCUT2D eigenvalue weighted by Gasteiger charge is -2.36. The molecule has 2 saturated heterocycles. The molecule has 0 radical (unpaired) electrons. The Morgan fingerprint density at radius 2 is 1.88 bits per heavy atom. The topological polar surface area (TPSA) is 65.1 Å². The highest BCUT2D eigenvalue weighted by molar-refractivity contribution is 5.77. The van der Waals surface area contributed by atoms with Crippen molar-refractivity contribution >= 4 is 12.1 Å². The summed E-state index contributed by atoms with van der Waals surface area (Å²) < 4.78 is 54.5. The number of hydrogen-bond acceptors (Lipinski definition) is 5. The largest absolute Gasteiger partial charge is 0.509 e. The summed E-state index contributed by atoms with van der Waals surface area (Å²) in [7, 11) is 0. The van der Waals surface area contributed by atoms with Crippen LogP contribution in [0.3, 0.4) is 0 Å². The molecule has 6 nitrogen and oxygen atoms in total. The number of likely N-dealkylation sites (tertiary alicyclic amines) is 1. The molecule has 1 aromatic rings. The maximum absolute atomic E-state index is 13.2. The molecule has 0 N–H and O–H groups in total. The number of nitrogens with zero attached hydrogens (tertiary/aromatic N) is 1. The molecule has 1 atom stereocenters. The number of rotatable bonds is 4. The van der Waals surface area contributed by atoms with E-state index in [4.69, 9.17) is 14.2 Å². The van der Waals surface area contributed by atoms with Crippen LogP contribution >= 0.6 is 0 Å². The minimum atomic E-state index is -4.62. The van der Waals surface area contributed by atoms with Crippen LogP contribution in [0.15, 0.2) is 30.3 Å². The molecule has 26 heavy (non-hydrogen) atoms. The van der Waals surface area contributed by atoms with Gasteiger partial charge in [0.15, 0.2) is 11.7 Å². The van der Waals surface area contributed by atoms with Crippen LogP contribution in [-0.4, -0.2) is 55.0 Å². The molecule has 2 aliphatic heterocycles. The molecule has 0 unspecified atom stereocenters. The third kappa shape index (κ3) is 4.09. The van der Waals surface area contributed by atoms with Gasteiger partial charge in [0.1, 0.15) is 13.2 Å². The highest BCUT2D eigenvalue weighted by Crippen LogP contribution is 2.36. The van der Waals surface area contributed by atoms with Gasteiger partial charge in [-0.05, 0) is 5.56 Å². The molecule has 3 rings (SSSR count). The zero-order chi connectivity index (χ0) is 18.8. The highest BCUT2D eigenvalue weighted by Gasteiger charge is 2.46. The van der Waals surface area contributed by atoms with Gasteiger partial charge < -0.3 is 19.1 Å². The third-order valence-corrected chi connectivity index (χ3v) is 4.55. The van der Waals surface area contributed by atoms with Gasteiger partial charge in [0, 0.05) is 25.9 Å². The van der Waals surface area contributed by atoms with Crippen molar-refractivity contribution in [1.82, 2.24) is 4.90 Å². The molecular weight excluding hydrogens is 355 g/mol. The first kappa shape index (κ1) is 18.5. The Morgan fingerprint density at radius 3 is 2.42 bits per heavy atom. The van der Waals surface area contributed by atoms with Crippen LogP contribution in [0.1, 0.15) is 24.5 Å². The fourth-order valence-electron chi connectivity index (χ4n) is 3.09. The zero-order valence-electron chi connectivity index (χ0n) is 13.8. The van der Waals surface area contributed by atoms with Crippen molar-refractivity contribution < 1.29 is 37.0 Å². The number of ether oxygens (including phenoxy) is 3. The van der Waals surface area contributed by atoms with E-state index in [1.54, 1.807) is 6.07 Å². The Morgan fingerprint density at radius 1 is 1.23 bits per heavy atom. The van der Waals surface area contributed by atoms with E-state index in [-0.39, 0.29) is 25.3 Å². The van der Waals surface area contributed by atoms with Crippen LogP contribution in [0.5, 0.6) is 0 Å². The fraction of sp³-hybridized carbons (Fsp3) is 0.529. The fourth-order valence-corrected chi connectivity index (χ4v) is 3.09. The van der Waals surface area contributed by atoms with Crippen molar-refractivity contribution in [2.24, 2.45) is 0 Å². The van der Waals surface area contributed by atoms with Crippen LogP contribution in [0.25, 0.3) is 0 Å². The quantitative estimate of drug-likeness (QED) is 0.760. The first-order valence-electron chi connectivity index (χ1n) is 8.16. The van der Waals surface area contributed by atoms with Crippen molar-refractivity contribution in [3.05, 3.63) is 35.9 Å². The molecule has 142 valence electrons. The van der Waals surface area contributed by atoms with E-state index in [9.17, 15) is 22.8 Å². The summed E-state index contributed by atoms with van der Waals surface area (Å²) >= 11 is 0. The van der Waals surface area contributed by atoms with Gasteiger partial charge in [-0.25, -0.2) is 4.79 Å². The van der Waals surface area contributed by atoms with E-state index >= 15 is 0 Å². The van der Waals surface area contributed by atoms with Gasteiger partial charge >= 0.3 is 12.3 Å². The minimum Gasteiger partial charge on any atom is -0.430 e. The summed E-state index contributed by atoms with van der Waals surface area (Å²) in [5.41, 5.74) is -0.784. The van der Waals surface area contributed by atoms with Crippen molar-refractivity contribution in [2.75, 3.05) is 26.3 Å². The van der Waals surface area contributed by atoms with E-state index in [0.717, 1.165) is 0 Å². The van der Waals surface area contributed by atoms with Gasteiger partial charge in [-0.2, -0.15) is 13.2 Å². The van der Waals surface area contributed by atoms with E-state index in [2.05, 4.69) is 0 Å². The lowest BCUT2D eigenvalue weighted by molar-refractivity contribution is -0.224. The molecule has 1 aromatic carbocycles. The van der Waals surface area contributed by atoms with Crippen LogP contribution in [0.2, 0.25) is 0 Å². The number of amides is 1. The first-order chi connectivity index (χ1) is 12.3. The molecule has 9 heteroatoms. The van der Waals surface area contributed by atoms with Crippen molar-refractivity contribution in [3.8, 4) is 0 Å². The van der Waals surface area contributed by atoms with Gasteiger partial charge in [0.05, 0.1) is 0 Å². The first-order valence-corrected chi connectivity index (χ1v) is 8.16. The molecule has 2 heterocycles. The molecule has 0 aromatic heterocycles. The number of carbonyl (C=O) groups is 2. The lowest BCUT2D eigenvalue weighted by Crippen LogP contribution is -2.49. The van der Waals surface area contributed by atoms with Gasteiger partial charge in [-0.15, -0.1) is 0 Å². The number of cyclic esters (lactones) is 1. The van der Waals surface area contributed by atoms with E-state index < -0.39 is 36.6 Å². The van der Waals surface area contributed by atoms with Crippen molar-refractivity contribution in [2.45, 2.75) is 30.7 Å². The summed E-state index contributed by atoms with van der Waals surface area (Å²) in [6.45, 7) is -0.0153. The predicted octanol–water partition coefficient (Wildman–Crippen LogP) is 2.83. The predicted molar refractivity (Wildman–Crippen MR) is 82.2 cm³/mol. The Kier molecular flexibility index (Phi) is 5.08. The number of halogens is 3. The lowest BCUT2D eigenvalue weighted by atomic mass is 9.92. The Labute approximate surface area is 147 Å². The van der Waals surface area contributed by atoms with Crippen LogP contribution in [-0.2, 0) is 19.0 Å². The third-order valence-electron chi connectivity index (χ3n) is 4.55. The maximum atomic E-state index is 13.2. The summed E-state index contributed by atoms with van der Waals surface area (Å²) in [6.07, 6.45) is -6.75. The van der Waals surface area contributed by atoms with Crippen LogP contribution < -0.4 is 0 Å². The molecule has 0 bridgehead atoms. The zero-order valence-corrected chi connectivity index (χ0v) is 13.8. The molecule has 1 spiro atoms. The van der Waals surface area contributed by atoms with E-state index in [1.807, 2.05) is 0 Å². The average Bonchev–Trinajstić information content (AvgIpc) is 2.95. The molecule has 2 aliphatic rings. The molecule has 1 amide bonds. The second-order valence-corrected chi connectivity index (χ2v) is 6.35. The van der Waals surface area contributed by atoms with E-state index in [0.29, 0.717) is 12.8 Å². The van der Waals surface area contributed by atoms with Crippen molar-refractivity contribution in [3.63, 3.8) is 0 Å². The standard InChI is InChI=1S/C17H18F3NO5/c18-17(19,20)14(12-4-2-1-3-5-12)24-10-13(22)21-8-6-16(7-9-21)11-25-15(23)26-16/h1-5,14H,6-11H2/t14-/m0/s1. The number of piperidine rings is 1. The molecule has 0 aliphatic carbocycles. The van der Waals surface area contributed by atoms with Gasteiger partial charge in [-0.3, -0.25) is 4.79 Å². The molecule has 2 fully saturated rings. The number of benzene rings is 1. The number of hydrogen-bond donors (Lipinski definition) is 0. The Hall–Kier alpha value is -2.29. The second-order valence-electron chi connectivity index (χ2n) is 6.35. The van der Waals surface area contributed by atoms with Gasteiger partial charge in [0.2, 0.25) is 5.91 Å². The summed E-state index contributed by atoms with van der Waals surface area (Å²) in [6, 6.07) is 7.18. The molecule has 0 saturated carbocycles. The SMILES string of the molecule is O=C1OCC2(CCN(C(=O)CO[C@@H](c3ccccc3)C(F)(F)F)CC2)O1. The Bertz CT molecular complexity index is 656. The maximum Gasteiger partial charge on any atom is 0.509 e. The van der Waals surface area contributed by atoms with E-state index in [1.165, 1.54) is 29.2 Å². The minimum absolute atomic E-state index is 0.0552. The average molecular weight is 373 g/mol. The smallest absolute Gasteiger partial charge is 0.430 e. The van der Waals surface area contributed by atoms with Crippen molar-refractivity contribution in [1.29, 1.82) is 0 Å². The highest BCUT2D eigenvalue weighted by atomic mass is 19.4. The van der Waals surface area contributed by atoms with Crippen LogP contribution in [0.4, 0.5) is 18.0 Å². The normalized spacial score (nSPS) is 20.6. The molecular formula is C17H18F3NO5.